The number of rotatable bonds is 3. The average Bonchev–Trinajstić information content (AvgIpc) is 2.74. The zero-order valence-electron chi connectivity index (χ0n) is 6.14. The molecule has 0 aliphatic carbocycles. The highest BCUT2D eigenvalue weighted by Gasteiger charge is 1.99. The molecule has 5 heteroatoms. The molecule has 0 radical (unpaired) electrons. The second-order valence-electron chi connectivity index (χ2n) is 2.07. The van der Waals surface area contributed by atoms with Crippen molar-refractivity contribution in [3.63, 3.8) is 0 Å². The van der Waals surface area contributed by atoms with Crippen LogP contribution in [0, 0.1) is 0 Å². The molecule has 2 rings (SSSR count). The number of oxazole rings is 1. The number of aromatic nitrogens is 2. The van der Waals surface area contributed by atoms with Crippen molar-refractivity contribution in [2.24, 2.45) is 0 Å². The van der Waals surface area contributed by atoms with Gasteiger partial charge in [0.25, 0.3) is 0 Å². The normalized spacial score (nSPS) is 10.0. The van der Waals surface area contributed by atoms with Gasteiger partial charge in [-0.05, 0) is 11.5 Å². The summed E-state index contributed by atoms with van der Waals surface area (Å²) in [6.45, 7) is 0.353. The van der Waals surface area contributed by atoms with Gasteiger partial charge in [-0.2, -0.15) is 4.37 Å². The SMILES string of the molecule is c1coc(COc2cnsc2)n1. The van der Waals surface area contributed by atoms with E-state index >= 15 is 0 Å². The van der Waals surface area contributed by atoms with Gasteiger partial charge in [0.05, 0.1) is 17.8 Å². The molecular formula is C7H6N2O2S. The molecule has 0 aromatic carbocycles. The Balaban J connectivity index is 1.91. The largest absolute Gasteiger partial charge is 0.481 e. The summed E-state index contributed by atoms with van der Waals surface area (Å²) in [5.41, 5.74) is 0. The van der Waals surface area contributed by atoms with E-state index in [9.17, 15) is 0 Å². The maximum absolute atomic E-state index is 5.28. The summed E-state index contributed by atoms with van der Waals surface area (Å²) in [6.07, 6.45) is 4.77. The van der Waals surface area contributed by atoms with E-state index in [4.69, 9.17) is 9.15 Å². The van der Waals surface area contributed by atoms with Crippen LogP contribution in [0.2, 0.25) is 0 Å². The minimum Gasteiger partial charge on any atom is -0.481 e. The van der Waals surface area contributed by atoms with Crippen LogP contribution in [0.1, 0.15) is 5.89 Å². The number of hydrogen-bond acceptors (Lipinski definition) is 5. The summed E-state index contributed by atoms with van der Waals surface area (Å²) in [4.78, 5) is 3.91. The fraction of sp³-hybridized carbons (Fsp3) is 0.143. The molecule has 0 unspecified atom stereocenters. The zero-order valence-corrected chi connectivity index (χ0v) is 6.95. The molecule has 0 saturated carbocycles. The summed E-state index contributed by atoms with van der Waals surface area (Å²) in [7, 11) is 0. The Bertz CT molecular complexity index is 283. The van der Waals surface area contributed by atoms with Crippen molar-refractivity contribution in [1.29, 1.82) is 0 Å². The van der Waals surface area contributed by atoms with Crippen LogP contribution >= 0.6 is 11.5 Å². The molecule has 0 aliphatic rings. The van der Waals surface area contributed by atoms with E-state index in [-0.39, 0.29) is 0 Å². The van der Waals surface area contributed by atoms with E-state index in [0.29, 0.717) is 12.5 Å². The number of ether oxygens (including phenoxy) is 1. The first-order valence-electron chi connectivity index (χ1n) is 3.36. The Morgan fingerprint density at radius 2 is 2.58 bits per heavy atom. The molecule has 0 aliphatic heterocycles. The van der Waals surface area contributed by atoms with Gasteiger partial charge < -0.3 is 9.15 Å². The fourth-order valence-electron chi connectivity index (χ4n) is 0.736. The Morgan fingerprint density at radius 1 is 1.58 bits per heavy atom. The van der Waals surface area contributed by atoms with Gasteiger partial charge in [0.2, 0.25) is 5.89 Å². The van der Waals surface area contributed by atoms with Crippen LogP contribution in [-0.2, 0) is 6.61 Å². The third-order valence-corrected chi connectivity index (χ3v) is 1.82. The Kier molecular flexibility index (Phi) is 2.04. The monoisotopic (exact) mass is 182 g/mol. The highest BCUT2D eigenvalue weighted by molar-refractivity contribution is 7.03. The average molecular weight is 182 g/mol. The zero-order chi connectivity index (χ0) is 8.23. The van der Waals surface area contributed by atoms with Crippen molar-refractivity contribution in [3.8, 4) is 5.75 Å². The topological polar surface area (TPSA) is 48.2 Å². The molecule has 0 fully saturated rings. The molecule has 12 heavy (non-hydrogen) atoms. The van der Waals surface area contributed by atoms with Crippen LogP contribution in [0.25, 0.3) is 0 Å². The van der Waals surface area contributed by atoms with Crippen molar-refractivity contribution in [1.82, 2.24) is 9.36 Å². The molecule has 2 heterocycles. The minimum absolute atomic E-state index is 0.353. The minimum atomic E-state index is 0.353. The van der Waals surface area contributed by atoms with Crippen LogP contribution in [-0.4, -0.2) is 9.36 Å². The van der Waals surface area contributed by atoms with Crippen LogP contribution in [0.3, 0.4) is 0 Å². The maximum Gasteiger partial charge on any atom is 0.232 e. The second kappa shape index (κ2) is 3.36. The molecule has 0 bridgehead atoms. The van der Waals surface area contributed by atoms with Crippen LogP contribution in [0.4, 0.5) is 0 Å². The van der Waals surface area contributed by atoms with E-state index in [1.54, 1.807) is 12.4 Å². The molecule has 0 N–H and O–H groups in total. The van der Waals surface area contributed by atoms with Gasteiger partial charge in [-0.3, -0.25) is 0 Å². The van der Waals surface area contributed by atoms with Crippen LogP contribution in [0.15, 0.2) is 28.5 Å². The lowest BCUT2D eigenvalue weighted by Gasteiger charge is -1.97. The molecule has 2 aromatic heterocycles. The molecule has 62 valence electrons. The van der Waals surface area contributed by atoms with Gasteiger partial charge in [0.15, 0.2) is 12.4 Å². The van der Waals surface area contributed by atoms with Crippen molar-refractivity contribution < 1.29 is 9.15 Å². The predicted molar refractivity (Wildman–Crippen MR) is 42.9 cm³/mol. The Morgan fingerprint density at radius 3 is 3.25 bits per heavy atom. The van der Waals surface area contributed by atoms with Crippen molar-refractivity contribution in [3.05, 3.63) is 29.9 Å². The third-order valence-electron chi connectivity index (χ3n) is 1.26. The first kappa shape index (κ1) is 7.30. The van der Waals surface area contributed by atoms with Gasteiger partial charge in [-0.15, -0.1) is 0 Å². The molecular weight excluding hydrogens is 176 g/mol. The molecule has 0 saturated heterocycles. The van der Waals surface area contributed by atoms with E-state index in [1.807, 2.05) is 5.38 Å². The van der Waals surface area contributed by atoms with Crippen molar-refractivity contribution in [2.45, 2.75) is 6.61 Å². The van der Waals surface area contributed by atoms with Gasteiger partial charge in [-0.25, -0.2) is 4.98 Å². The summed E-state index contributed by atoms with van der Waals surface area (Å²) >= 11 is 1.35. The molecule has 0 spiro atoms. The van der Waals surface area contributed by atoms with E-state index in [0.717, 1.165) is 5.75 Å². The summed E-state index contributed by atoms with van der Waals surface area (Å²) in [6, 6.07) is 0. The molecule has 0 amide bonds. The van der Waals surface area contributed by atoms with Crippen LogP contribution < -0.4 is 4.74 Å². The highest BCUT2D eigenvalue weighted by atomic mass is 32.1. The lowest BCUT2D eigenvalue weighted by Crippen LogP contribution is -1.93. The highest BCUT2D eigenvalue weighted by Crippen LogP contribution is 2.12. The Hall–Kier alpha value is -1.36. The van der Waals surface area contributed by atoms with Crippen LogP contribution in [0.5, 0.6) is 5.75 Å². The fourth-order valence-corrected chi connectivity index (χ4v) is 1.19. The lowest BCUT2D eigenvalue weighted by molar-refractivity contribution is 0.263. The third kappa shape index (κ3) is 1.62. The standard InChI is InChI=1S/C7H6N2O2S/c1-2-10-7(8-1)4-11-6-3-9-12-5-6/h1-3,5H,4H2. The molecule has 4 nitrogen and oxygen atoms in total. The van der Waals surface area contributed by atoms with Crippen molar-refractivity contribution >= 4 is 11.5 Å². The van der Waals surface area contributed by atoms with Gasteiger partial charge in [0, 0.05) is 0 Å². The smallest absolute Gasteiger partial charge is 0.232 e. The van der Waals surface area contributed by atoms with Gasteiger partial charge >= 0.3 is 0 Å². The first-order valence-corrected chi connectivity index (χ1v) is 4.19. The summed E-state index contributed by atoms with van der Waals surface area (Å²) in [5.74, 6) is 1.32. The second-order valence-corrected chi connectivity index (χ2v) is 2.73. The predicted octanol–water partition coefficient (Wildman–Crippen LogP) is 1.71. The van der Waals surface area contributed by atoms with E-state index in [2.05, 4.69) is 9.36 Å². The first-order chi connectivity index (χ1) is 5.95. The van der Waals surface area contributed by atoms with E-state index in [1.165, 1.54) is 17.8 Å². The maximum atomic E-state index is 5.28. The molecule has 2 aromatic rings. The summed E-state index contributed by atoms with van der Waals surface area (Å²) in [5, 5.41) is 1.82. The van der Waals surface area contributed by atoms with Gasteiger partial charge in [-0.1, -0.05) is 0 Å². The lowest BCUT2D eigenvalue weighted by atomic mass is 10.6. The number of hydrogen-bond donors (Lipinski definition) is 0. The summed E-state index contributed by atoms with van der Waals surface area (Å²) < 4.78 is 14.1. The molecule has 0 atom stereocenters. The van der Waals surface area contributed by atoms with E-state index < -0.39 is 0 Å². The van der Waals surface area contributed by atoms with Gasteiger partial charge in [0.1, 0.15) is 6.26 Å². The quantitative estimate of drug-likeness (QED) is 0.725. The number of nitrogens with zero attached hydrogens (tertiary/aromatic N) is 2. The van der Waals surface area contributed by atoms with Crippen molar-refractivity contribution in [2.75, 3.05) is 0 Å². The Labute approximate surface area is 73.0 Å².